The van der Waals surface area contributed by atoms with E-state index in [1.807, 2.05) is 0 Å². The summed E-state index contributed by atoms with van der Waals surface area (Å²) in [4.78, 5) is 0. The van der Waals surface area contributed by atoms with Gasteiger partial charge in [-0.05, 0) is 74.3 Å². The van der Waals surface area contributed by atoms with Crippen LogP contribution in [0.1, 0.15) is 27.7 Å². The molecule has 0 radical (unpaired) electrons. The summed E-state index contributed by atoms with van der Waals surface area (Å²) >= 11 is 3.76. The zero-order valence-electron chi connectivity index (χ0n) is 18.1. The molecule has 5 heteroatoms. The predicted octanol–water partition coefficient (Wildman–Crippen LogP) is 6.44. The third-order valence-electron chi connectivity index (χ3n) is 7.10. The molecule has 0 saturated carbocycles. The average molecular weight is 472 g/mol. The summed E-state index contributed by atoms with van der Waals surface area (Å²) in [5, 5.41) is 4.92. The van der Waals surface area contributed by atoms with Crippen LogP contribution in [-0.2, 0) is 9.31 Å². The van der Waals surface area contributed by atoms with Gasteiger partial charge in [0.25, 0.3) is 0 Å². The first kappa shape index (κ1) is 19.4. The lowest BCUT2D eigenvalue weighted by Crippen LogP contribution is -2.41. The van der Waals surface area contributed by atoms with E-state index in [4.69, 9.17) is 9.31 Å². The van der Waals surface area contributed by atoms with Crippen LogP contribution in [0.3, 0.4) is 0 Å². The van der Waals surface area contributed by atoms with Gasteiger partial charge in [0.15, 0.2) is 0 Å². The van der Waals surface area contributed by atoms with E-state index in [0.29, 0.717) is 0 Å². The molecule has 31 heavy (non-hydrogen) atoms. The van der Waals surface area contributed by atoms with Crippen molar-refractivity contribution >= 4 is 61.1 Å². The van der Waals surface area contributed by atoms with Gasteiger partial charge in [0.1, 0.15) is 0 Å². The third-order valence-corrected chi connectivity index (χ3v) is 7.79. The normalized spacial score (nSPS) is 18.0. The van der Waals surface area contributed by atoms with Crippen molar-refractivity contribution in [1.82, 2.24) is 4.57 Å². The van der Waals surface area contributed by atoms with E-state index in [9.17, 15) is 0 Å². The van der Waals surface area contributed by atoms with Crippen molar-refractivity contribution in [2.24, 2.45) is 0 Å². The zero-order chi connectivity index (χ0) is 21.5. The largest absolute Gasteiger partial charge is 0.495 e. The first-order valence-electron chi connectivity index (χ1n) is 10.7. The Morgan fingerprint density at radius 3 is 1.97 bits per heavy atom. The summed E-state index contributed by atoms with van der Waals surface area (Å²) in [5.41, 5.74) is 3.90. The van der Waals surface area contributed by atoms with Gasteiger partial charge in [-0.25, -0.2) is 0 Å². The molecular weight excluding hydrogens is 449 g/mol. The van der Waals surface area contributed by atoms with E-state index in [-0.39, 0.29) is 11.2 Å². The van der Waals surface area contributed by atoms with Crippen LogP contribution < -0.4 is 5.46 Å². The summed E-state index contributed by atoms with van der Waals surface area (Å²) < 4.78 is 16.3. The average Bonchev–Trinajstić information content (AvgIpc) is 3.19. The van der Waals surface area contributed by atoms with E-state index in [2.05, 4.69) is 115 Å². The Bertz CT molecular complexity index is 1440. The molecule has 0 N–H and O–H groups in total. The second-order valence-electron chi connectivity index (χ2n) is 9.41. The molecule has 1 aromatic heterocycles. The lowest BCUT2D eigenvalue weighted by atomic mass is 9.75. The Balaban J connectivity index is 1.69. The Morgan fingerprint density at radius 2 is 1.29 bits per heavy atom. The predicted molar refractivity (Wildman–Crippen MR) is 133 cm³/mol. The van der Waals surface area contributed by atoms with Crippen molar-refractivity contribution in [3.63, 3.8) is 0 Å². The molecule has 3 nitrogen and oxygen atoms in total. The highest BCUT2D eigenvalue weighted by Gasteiger charge is 2.52. The summed E-state index contributed by atoms with van der Waals surface area (Å²) in [7, 11) is -0.391. The minimum atomic E-state index is -0.391. The van der Waals surface area contributed by atoms with E-state index in [1.165, 1.54) is 32.6 Å². The highest BCUT2D eigenvalue weighted by atomic mass is 79.9. The van der Waals surface area contributed by atoms with Crippen LogP contribution >= 0.6 is 15.9 Å². The van der Waals surface area contributed by atoms with Crippen molar-refractivity contribution in [3.05, 3.63) is 71.2 Å². The summed E-state index contributed by atoms with van der Waals surface area (Å²) in [6, 6.07) is 23.7. The van der Waals surface area contributed by atoms with Gasteiger partial charge in [-0.15, -0.1) is 0 Å². The molecule has 0 amide bonds. The number of halogens is 1. The summed E-state index contributed by atoms with van der Waals surface area (Å²) in [6.07, 6.45) is 0. The Morgan fingerprint density at radius 1 is 0.710 bits per heavy atom. The third kappa shape index (κ3) is 2.60. The van der Waals surface area contributed by atoms with Crippen molar-refractivity contribution in [3.8, 4) is 5.69 Å². The van der Waals surface area contributed by atoms with Crippen molar-refractivity contribution in [2.45, 2.75) is 38.9 Å². The second kappa shape index (κ2) is 6.35. The fourth-order valence-electron chi connectivity index (χ4n) is 4.77. The molecule has 0 aliphatic carbocycles. The number of hydrogen-bond donors (Lipinski definition) is 0. The molecule has 5 aromatic rings. The molecule has 0 atom stereocenters. The van der Waals surface area contributed by atoms with Crippen LogP contribution in [0.15, 0.2) is 71.2 Å². The fourth-order valence-corrected chi connectivity index (χ4v) is 5.24. The lowest BCUT2D eigenvalue weighted by molar-refractivity contribution is 0.00578. The number of rotatable bonds is 2. The van der Waals surface area contributed by atoms with Crippen molar-refractivity contribution in [1.29, 1.82) is 0 Å². The number of para-hydroxylation sites is 1. The van der Waals surface area contributed by atoms with E-state index in [1.54, 1.807) is 0 Å². The first-order chi connectivity index (χ1) is 14.8. The quantitative estimate of drug-likeness (QED) is 0.218. The smallest absolute Gasteiger partial charge is 0.399 e. The first-order valence-corrected chi connectivity index (χ1v) is 11.5. The second-order valence-corrected chi connectivity index (χ2v) is 10.3. The maximum atomic E-state index is 6.42. The van der Waals surface area contributed by atoms with Crippen molar-refractivity contribution in [2.75, 3.05) is 0 Å². The summed E-state index contributed by atoms with van der Waals surface area (Å²) in [5.74, 6) is 0. The molecule has 1 aliphatic rings. The van der Waals surface area contributed by atoms with E-state index in [0.717, 1.165) is 15.6 Å². The molecule has 154 valence electrons. The Kier molecular flexibility index (Phi) is 3.96. The molecule has 1 saturated heterocycles. The minimum absolute atomic E-state index is 0.371. The van der Waals surface area contributed by atoms with Crippen LogP contribution in [0.5, 0.6) is 0 Å². The van der Waals surface area contributed by atoms with E-state index < -0.39 is 7.12 Å². The van der Waals surface area contributed by atoms with Gasteiger partial charge >= 0.3 is 7.12 Å². The number of aromatic nitrogens is 1. The van der Waals surface area contributed by atoms with Crippen LogP contribution in [-0.4, -0.2) is 22.9 Å². The number of benzene rings is 4. The molecular formula is C26H23BBrNO2. The summed E-state index contributed by atoms with van der Waals surface area (Å²) in [6.45, 7) is 8.40. The monoisotopic (exact) mass is 471 g/mol. The molecule has 0 bridgehead atoms. The van der Waals surface area contributed by atoms with Gasteiger partial charge in [0, 0.05) is 20.9 Å². The van der Waals surface area contributed by atoms with Crippen LogP contribution in [0.4, 0.5) is 0 Å². The maximum absolute atomic E-state index is 6.42. The molecule has 0 unspecified atom stereocenters. The topological polar surface area (TPSA) is 23.4 Å². The van der Waals surface area contributed by atoms with Gasteiger partial charge in [-0.2, -0.15) is 0 Å². The van der Waals surface area contributed by atoms with Crippen LogP contribution in [0, 0.1) is 0 Å². The van der Waals surface area contributed by atoms with Crippen molar-refractivity contribution < 1.29 is 9.31 Å². The zero-order valence-corrected chi connectivity index (χ0v) is 19.7. The minimum Gasteiger partial charge on any atom is -0.399 e. The van der Waals surface area contributed by atoms with Gasteiger partial charge in [-0.3, -0.25) is 0 Å². The molecule has 4 aromatic carbocycles. The SMILES string of the molecule is CC1(C)OB(c2ccc3c4c2ccc2c(Br)ccc(c24)n3-c2ccccc2)OC1(C)C. The molecule has 1 fully saturated rings. The number of nitrogens with zero attached hydrogens (tertiary/aromatic N) is 1. The highest BCUT2D eigenvalue weighted by Crippen LogP contribution is 2.42. The lowest BCUT2D eigenvalue weighted by Gasteiger charge is -2.32. The highest BCUT2D eigenvalue weighted by molar-refractivity contribution is 9.10. The van der Waals surface area contributed by atoms with Gasteiger partial charge < -0.3 is 13.9 Å². The van der Waals surface area contributed by atoms with Crippen LogP contribution in [0.25, 0.3) is 38.3 Å². The molecule has 1 aliphatic heterocycles. The molecule has 0 spiro atoms. The number of hydrogen-bond acceptors (Lipinski definition) is 2. The van der Waals surface area contributed by atoms with Gasteiger partial charge in [-0.1, -0.05) is 52.3 Å². The Hall–Kier alpha value is -2.34. The maximum Gasteiger partial charge on any atom is 0.495 e. The molecule has 6 rings (SSSR count). The standard InChI is InChI=1S/C26H23BBrNO2/c1-25(2)26(3,4)31-27(30-25)19-12-14-21-23-17(19)10-11-18-20(28)13-15-22(24(18)23)29(21)16-8-6-5-7-9-16/h5-15H,1-4H3. The van der Waals surface area contributed by atoms with Gasteiger partial charge in [0.05, 0.1) is 22.2 Å². The van der Waals surface area contributed by atoms with Crippen LogP contribution in [0.2, 0.25) is 0 Å². The Labute approximate surface area is 190 Å². The van der Waals surface area contributed by atoms with E-state index >= 15 is 0 Å². The fraction of sp³-hybridized carbons (Fsp3) is 0.231. The molecule has 2 heterocycles. The van der Waals surface area contributed by atoms with Gasteiger partial charge in [0.2, 0.25) is 0 Å².